The summed E-state index contributed by atoms with van der Waals surface area (Å²) in [7, 11) is 2.28. The van der Waals surface area contributed by atoms with Gasteiger partial charge in [-0.2, -0.15) is 0 Å². The Bertz CT molecular complexity index is 212. The van der Waals surface area contributed by atoms with E-state index >= 15 is 0 Å². The molecule has 2 aliphatic rings. The van der Waals surface area contributed by atoms with Crippen molar-refractivity contribution < 1.29 is 4.74 Å². The Hall–Kier alpha value is -0.120. The van der Waals surface area contributed by atoms with Gasteiger partial charge in [0.1, 0.15) is 0 Å². The molecule has 0 radical (unpaired) electrons. The first-order valence-electron chi connectivity index (χ1n) is 6.15. The zero-order chi connectivity index (χ0) is 10.9. The van der Waals surface area contributed by atoms with Crippen LogP contribution in [0.2, 0.25) is 0 Å². The third-order valence-corrected chi connectivity index (χ3v) is 3.86. The molecule has 2 unspecified atom stereocenters. The monoisotopic (exact) mass is 212 g/mol. The minimum Gasteiger partial charge on any atom is -0.375 e. The van der Waals surface area contributed by atoms with E-state index < -0.39 is 0 Å². The van der Waals surface area contributed by atoms with Crippen LogP contribution in [0, 0.1) is 0 Å². The van der Waals surface area contributed by atoms with Crippen molar-refractivity contribution in [3.63, 3.8) is 0 Å². The van der Waals surface area contributed by atoms with E-state index in [0.717, 1.165) is 19.2 Å². The lowest BCUT2D eigenvalue weighted by molar-refractivity contribution is -0.0840. The zero-order valence-corrected chi connectivity index (χ0v) is 10.3. The molecular formula is C12H24N2O. The van der Waals surface area contributed by atoms with Gasteiger partial charge in [-0.25, -0.2) is 0 Å². The van der Waals surface area contributed by atoms with E-state index in [1.807, 2.05) is 0 Å². The average molecular weight is 212 g/mol. The van der Waals surface area contributed by atoms with Gasteiger partial charge in [-0.1, -0.05) is 0 Å². The second-order valence-corrected chi connectivity index (χ2v) is 5.57. The minimum absolute atomic E-state index is 0.0726. The summed E-state index contributed by atoms with van der Waals surface area (Å²) in [5, 5.41) is 3.44. The lowest BCUT2D eigenvalue weighted by atomic mass is 9.92. The molecule has 15 heavy (non-hydrogen) atoms. The molecule has 1 N–H and O–H groups in total. The molecule has 88 valence electrons. The maximum absolute atomic E-state index is 5.77. The van der Waals surface area contributed by atoms with Crippen LogP contribution < -0.4 is 5.32 Å². The van der Waals surface area contributed by atoms with Crippen LogP contribution in [-0.4, -0.2) is 49.3 Å². The lowest BCUT2D eigenvalue weighted by Gasteiger charge is -2.41. The van der Waals surface area contributed by atoms with Crippen molar-refractivity contribution in [2.24, 2.45) is 0 Å². The summed E-state index contributed by atoms with van der Waals surface area (Å²) in [5.74, 6) is 0. The van der Waals surface area contributed by atoms with Gasteiger partial charge < -0.3 is 10.1 Å². The van der Waals surface area contributed by atoms with Gasteiger partial charge in [0, 0.05) is 25.2 Å². The largest absolute Gasteiger partial charge is 0.375 e. The van der Waals surface area contributed by atoms with E-state index in [4.69, 9.17) is 4.74 Å². The summed E-state index contributed by atoms with van der Waals surface area (Å²) in [5.41, 5.74) is 0.0726. The number of hydrogen-bond donors (Lipinski definition) is 1. The van der Waals surface area contributed by atoms with Crippen LogP contribution in [0.5, 0.6) is 0 Å². The standard InChI is InChI=1S/C12H24N2O/c1-12(2)8-10(5-7-15-12)14(3)11-4-6-13-9-11/h10-11,13H,4-9H2,1-3H3. The fraction of sp³-hybridized carbons (Fsp3) is 1.00. The number of rotatable bonds is 2. The molecule has 2 fully saturated rings. The van der Waals surface area contributed by atoms with Gasteiger partial charge in [-0.3, -0.25) is 4.90 Å². The minimum atomic E-state index is 0.0726. The molecule has 0 saturated carbocycles. The average Bonchev–Trinajstić information content (AvgIpc) is 2.67. The zero-order valence-electron chi connectivity index (χ0n) is 10.3. The topological polar surface area (TPSA) is 24.5 Å². The summed E-state index contributed by atoms with van der Waals surface area (Å²) in [6.45, 7) is 7.68. The van der Waals surface area contributed by atoms with Crippen molar-refractivity contribution in [1.29, 1.82) is 0 Å². The van der Waals surface area contributed by atoms with Gasteiger partial charge in [0.25, 0.3) is 0 Å². The molecule has 2 atom stereocenters. The van der Waals surface area contributed by atoms with Gasteiger partial charge >= 0.3 is 0 Å². The van der Waals surface area contributed by atoms with E-state index in [1.54, 1.807) is 0 Å². The SMILES string of the molecule is CN(C1CCNC1)C1CCOC(C)(C)C1. The molecule has 0 amide bonds. The van der Waals surface area contributed by atoms with Crippen LogP contribution in [0.1, 0.15) is 33.1 Å². The summed E-state index contributed by atoms with van der Waals surface area (Å²) in [6, 6.07) is 1.45. The van der Waals surface area contributed by atoms with Crippen molar-refractivity contribution >= 4 is 0 Å². The number of hydrogen-bond acceptors (Lipinski definition) is 3. The highest BCUT2D eigenvalue weighted by atomic mass is 16.5. The molecule has 2 saturated heterocycles. The Morgan fingerprint density at radius 1 is 1.27 bits per heavy atom. The molecule has 2 heterocycles. The Morgan fingerprint density at radius 3 is 2.67 bits per heavy atom. The van der Waals surface area contributed by atoms with Crippen molar-refractivity contribution in [3.8, 4) is 0 Å². The highest BCUT2D eigenvalue weighted by molar-refractivity contribution is 4.88. The summed E-state index contributed by atoms with van der Waals surface area (Å²) in [6.07, 6.45) is 3.66. The highest BCUT2D eigenvalue weighted by Gasteiger charge is 2.33. The molecule has 0 aromatic heterocycles. The van der Waals surface area contributed by atoms with E-state index in [0.29, 0.717) is 6.04 Å². The smallest absolute Gasteiger partial charge is 0.0641 e. The molecular weight excluding hydrogens is 188 g/mol. The molecule has 0 aromatic rings. The van der Waals surface area contributed by atoms with Crippen LogP contribution in [0.3, 0.4) is 0 Å². The van der Waals surface area contributed by atoms with Crippen molar-refractivity contribution in [3.05, 3.63) is 0 Å². The van der Waals surface area contributed by atoms with Crippen molar-refractivity contribution in [2.45, 2.75) is 50.8 Å². The quantitative estimate of drug-likeness (QED) is 0.745. The fourth-order valence-electron chi connectivity index (χ4n) is 2.83. The maximum atomic E-state index is 5.77. The van der Waals surface area contributed by atoms with Gasteiger partial charge in [-0.05, 0) is 46.7 Å². The predicted molar refractivity (Wildman–Crippen MR) is 62.1 cm³/mol. The highest BCUT2D eigenvalue weighted by Crippen LogP contribution is 2.28. The van der Waals surface area contributed by atoms with Gasteiger partial charge in [0.2, 0.25) is 0 Å². The number of nitrogens with one attached hydrogen (secondary N) is 1. The molecule has 0 aliphatic carbocycles. The predicted octanol–water partition coefficient (Wildman–Crippen LogP) is 1.24. The molecule has 3 heteroatoms. The maximum Gasteiger partial charge on any atom is 0.0641 e. The van der Waals surface area contributed by atoms with Crippen LogP contribution in [0.25, 0.3) is 0 Å². The third kappa shape index (κ3) is 2.71. The van der Waals surface area contributed by atoms with Crippen LogP contribution in [0.15, 0.2) is 0 Å². The Kier molecular flexibility index (Phi) is 3.33. The van der Waals surface area contributed by atoms with E-state index in [-0.39, 0.29) is 5.60 Å². The molecule has 0 aromatic carbocycles. The van der Waals surface area contributed by atoms with Gasteiger partial charge in [0.15, 0.2) is 0 Å². The molecule has 3 nitrogen and oxygen atoms in total. The Morgan fingerprint density at radius 2 is 2.07 bits per heavy atom. The van der Waals surface area contributed by atoms with Crippen molar-refractivity contribution in [1.82, 2.24) is 10.2 Å². The molecule has 2 aliphatic heterocycles. The van der Waals surface area contributed by atoms with E-state index in [1.165, 1.54) is 25.8 Å². The summed E-state index contributed by atoms with van der Waals surface area (Å²) in [4.78, 5) is 2.57. The number of ether oxygens (including phenoxy) is 1. The fourth-order valence-corrected chi connectivity index (χ4v) is 2.83. The van der Waals surface area contributed by atoms with E-state index in [9.17, 15) is 0 Å². The normalized spacial score (nSPS) is 36.0. The van der Waals surface area contributed by atoms with Crippen LogP contribution in [-0.2, 0) is 4.74 Å². The van der Waals surface area contributed by atoms with Gasteiger partial charge in [0.05, 0.1) is 5.60 Å². The van der Waals surface area contributed by atoms with E-state index in [2.05, 4.69) is 31.1 Å². The third-order valence-electron chi connectivity index (χ3n) is 3.86. The number of likely N-dealkylation sites (N-methyl/N-ethyl adjacent to an activating group) is 1. The summed E-state index contributed by atoms with van der Waals surface area (Å²) >= 11 is 0. The summed E-state index contributed by atoms with van der Waals surface area (Å²) < 4.78 is 5.77. The molecule has 0 bridgehead atoms. The molecule has 0 spiro atoms. The Balaban J connectivity index is 1.91. The first-order valence-corrected chi connectivity index (χ1v) is 6.15. The van der Waals surface area contributed by atoms with Gasteiger partial charge in [-0.15, -0.1) is 0 Å². The Labute approximate surface area is 93.2 Å². The second-order valence-electron chi connectivity index (χ2n) is 5.57. The first kappa shape index (κ1) is 11.4. The van der Waals surface area contributed by atoms with Crippen molar-refractivity contribution in [2.75, 3.05) is 26.7 Å². The lowest BCUT2D eigenvalue weighted by Crippen LogP contribution is -2.48. The number of nitrogens with zero attached hydrogens (tertiary/aromatic N) is 1. The first-order chi connectivity index (χ1) is 7.08. The van der Waals surface area contributed by atoms with Crippen LogP contribution in [0.4, 0.5) is 0 Å². The molecule has 2 rings (SSSR count). The second kappa shape index (κ2) is 4.40. The van der Waals surface area contributed by atoms with Crippen LogP contribution >= 0.6 is 0 Å².